The zero-order chi connectivity index (χ0) is 21.1. The molecule has 0 aliphatic carbocycles. The fourth-order valence-electron chi connectivity index (χ4n) is 2.54. The molecule has 0 spiro atoms. The summed E-state index contributed by atoms with van der Waals surface area (Å²) in [6, 6.07) is 12.7. The molecule has 2 N–H and O–H groups in total. The summed E-state index contributed by atoms with van der Waals surface area (Å²) in [5.41, 5.74) is 1.73. The van der Waals surface area contributed by atoms with Gasteiger partial charge in [-0.3, -0.25) is 9.59 Å². The maximum atomic E-state index is 11.9. The number of amides is 2. The SMILES string of the molecule is COc1ccc(NC(=O)CSCC(=O)NCCc2ccc(OC)c(OC)c2)cc1. The molecule has 2 amide bonds. The van der Waals surface area contributed by atoms with Crippen LogP contribution in [0.15, 0.2) is 42.5 Å². The summed E-state index contributed by atoms with van der Waals surface area (Å²) in [6.45, 7) is 0.507. The number of hydrogen-bond donors (Lipinski definition) is 2. The number of carbonyl (C=O) groups is 2. The van der Waals surface area contributed by atoms with Crippen molar-refractivity contribution in [3.63, 3.8) is 0 Å². The first-order valence-corrected chi connectivity index (χ1v) is 10.2. The average Bonchev–Trinajstić information content (AvgIpc) is 2.74. The highest BCUT2D eigenvalue weighted by Gasteiger charge is 2.08. The molecule has 2 rings (SSSR count). The molecule has 2 aromatic rings. The Hall–Kier alpha value is -2.87. The average molecular weight is 419 g/mol. The lowest BCUT2D eigenvalue weighted by Crippen LogP contribution is -2.28. The fraction of sp³-hybridized carbons (Fsp3) is 0.333. The topological polar surface area (TPSA) is 85.9 Å². The van der Waals surface area contributed by atoms with Crippen molar-refractivity contribution >= 4 is 29.3 Å². The molecule has 0 fully saturated rings. The van der Waals surface area contributed by atoms with Crippen LogP contribution in [0.1, 0.15) is 5.56 Å². The fourth-order valence-corrected chi connectivity index (χ4v) is 3.19. The third kappa shape index (κ3) is 7.57. The second-order valence-electron chi connectivity index (χ2n) is 6.06. The number of rotatable bonds is 11. The second kappa shape index (κ2) is 11.9. The summed E-state index contributed by atoms with van der Waals surface area (Å²) < 4.78 is 15.6. The van der Waals surface area contributed by atoms with Crippen molar-refractivity contribution in [2.45, 2.75) is 6.42 Å². The minimum absolute atomic E-state index is 0.104. The minimum atomic E-state index is -0.154. The Morgan fingerprint density at radius 1 is 0.862 bits per heavy atom. The van der Waals surface area contributed by atoms with E-state index in [4.69, 9.17) is 14.2 Å². The second-order valence-corrected chi connectivity index (χ2v) is 7.04. The Bertz CT molecular complexity index is 811. The summed E-state index contributed by atoms with van der Waals surface area (Å²) in [4.78, 5) is 23.9. The van der Waals surface area contributed by atoms with Gasteiger partial charge < -0.3 is 24.8 Å². The van der Waals surface area contributed by atoms with Crippen molar-refractivity contribution in [1.82, 2.24) is 5.32 Å². The highest BCUT2D eigenvalue weighted by atomic mass is 32.2. The van der Waals surface area contributed by atoms with E-state index in [0.29, 0.717) is 30.2 Å². The van der Waals surface area contributed by atoms with E-state index < -0.39 is 0 Å². The first-order valence-electron chi connectivity index (χ1n) is 9.05. The molecule has 0 unspecified atom stereocenters. The summed E-state index contributed by atoms with van der Waals surface area (Å²) >= 11 is 1.27. The predicted octanol–water partition coefficient (Wildman–Crippen LogP) is 2.74. The smallest absolute Gasteiger partial charge is 0.234 e. The first-order chi connectivity index (χ1) is 14.0. The predicted molar refractivity (Wildman–Crippen MR) is 115 cm³/mol. The van der Waals surface area contributed by atoms with Crippen LogP contribution < -0.4 is 24.8 Å². The molecule has 29 heavy (non-hydrogen) atoms. The number of thioether (sulfide) groups is 1. The molecule has 0 atom stereocenters. The van der Waals surface area contributed by atoms with Gasteiger partial charge in [-0.2, -0.15) is 0 Å². The third-order valence-corrected chi connectivity index (χ3v) is 4.96. The van der Waals surface area contributed by atoms with Gasteiger partial charge in [0.2, 0.25) is 11.8 Å². The highest BCUT2D eigenvalue weighted by Crippen LogP contribution is 2.27. The van der Waals surface area contributed by atoms with Gasteiger partial charge in [0.05, 0.1) is 32.8 Å². The van der Waals surface area contributed by atoms with Gasteiger partial charge in [0.25, 0.3) is 0 Å². The minimum Gasteiger partial charge on any atom is -0.497 e. The zero-order valence-corrected chi connectivity index (χ0v) is 17.6. The molecule has 7 nitrogen and oxygen atoms in total. The zero-order valence-electron chi connectivity index (χ0n) is 16.8. The lowest BCUT2D eigenvalue weighted by Gasteiger charge is -2.10. The van der Waals surface area contributed by atoms with E-state index in [0.717, 1.165) is 11.3 Å². The van der Waals surface area contributed by atoms with Crippen LogP contribution in [0.2, 0.25) is 0 Å². The molecular weight excluding hydrogens is 392 g/mol. The molecule has 0 saturated heterocycles. The Morgan fingerprint density at radius 2 is 1.55 bits per heavy atom. The van der Waals surface area contributed by atoms with Crippen molar-refractivity contribution < 1.29 is 23.8 Å². The highest BCUT2D eigenvalue weighted by molar-refractivity contribution is 8.00. The van der Waals surface area contributed by atoms with Crippen LogP contribution in [-0.4, -0.2) is 51.2 Å². The van der Waals surface area contributed by atoms with Crippen molar-refractivity contribution in [3.8, 4) is 17.2 Å². The quantitative estimate of drug-likeness (QED) is 0.584. The molecule has 0 bridgehead atoms. The number of anilines is 1. The van der Waals surface area contributed by atoms with Gasteiger partial charge in [-0.05, 0) is 48.4 Å². The van der Waals surface area contributed by atoms with E-state index in [1.54, 1.807) is 45.6 Å². The van der Waals surface area contributed by atoms with Crippen molar-refractivity contribution in [3.05, 3.63) is 48.0 Å². The van der Waals surface area contributed by atoms with Gasteiger partial charge in [-0.25, -0.2) is 0 Å². The molecule has 8 heteroatoms. The van der Waals surface area contributed by atoms with Crippen LogP contribution in [-0.2, 0) is 16.0 Å². The number of ether oxygens (including phenoxy) is 3. The number of nitrogens with one attached hydrogen (secondary N) is 2. The summed E-state index contributed by atoms with van der Waals surface area (Å²) in [5.74, 6) is 2.23. The van der Waals surface area contributed by atoms with Crippen LogP contribution in [0.25, 0.3) is 0 Å². The van der Waals surface area contributed by atoms with E-state index in [-0.39, 0.29) is 23.3 Å². The van der Waals surface area contributed by atoms with Gasteiger partial charge in [0.1, 0.15) is 5.75 Å². The number of carbonyl (C=O) groups excluding carboxylic acids is 2. The molecular formula is C21H26N2O5S. The Morgan fingerprint density at radius 3 is 2.21 bits per heavy atom. The van der Waals surface area contributed by atoms with E-state index in [1.807, 2.05) is 18.2 Å². The van der Waals surface area contributed by atoms with Gasteiger partial charge in [-0.15, -0.1) is 11.8 Å². The monoisotopic (exact) mass is 418 g/mol. The van der Waals surface area contributed by atoms with Gasteiger partial charge in [0.15, 0.2) is 11.5 Å². The molecule has 0 saturated carbocycles. The number of benzene rings is 2. The molecule has 0 aliphatic rings. The van der Waals surface area contributed by atoms with Gasteiger partial charge >= 0.3 is 0 Å². The van der Waals surface area contributed by atoms with Gasteiger partial charge in [-0.1, -0.05) is 6.07 Å². The van der Waals surface area contributed by atoms with Crippen molar-refractivity contribution in [2.24, 2.45) is 0 Å². The van der Waals surface area contributed by atoms with Crippen LogP contribution >= 0.6 is 11.8 Å². The van der Waals surface area contributed by atoms with Crippen LogP contribution in [0.3, 0.4) is 0 Å². The summed E-state index contributed by atoms with van der Waals surface area (Å²) in [5, 5.41) is 5.64. The van der Waals surface area contributed by atoms with E-state index in [2.05, 4.69) is 10.6 Å². The van der Waals surface area contributed by atoms with E-state index in [9.17, 15) is 9.59 Å². The molecule has 0 heterocycles. The standard InChI is InChI=1S/C21H26N2O5S/c1-26-17-7-5-16(6-8-17)23-21(25)14-29-13-20(24)22-11-10-15-4-9-18(27-2)19(12-15)28-3/h4-9,12H,10-11,13-14H2,1-3H3,(H,22,24)(H,23,25). The van der Waals surface area contributed by atoms with Crippen molar-refractivity contribution in [1.29, 1.82) is 0 Å². The van der Waals surface area contributed by atoms with E-state index >= 15 is 0 Å². The third-order valence-electron chi connectivity index (χ3n) is 4.02. The Labute approximate surface area is 175 Å². The van der Waals surface area contributed by atoms with Crippen LogP contribution in [0, 0.1) is 0 Å². The molecule has 0 aliphatic heterocycles. The van der Waals surface area contributed by atoms with Crippen LogP contribution in [0.4, 0.5) is 5.69 Å². The largest absolute Gasteiger partial charge is 0.497 e. The summed E-state index contributed by atoms with van der Waals surface area (Å²) in [6.07, 6.45) is 0.675. The maximum absolute atomic E-state index is 11.9. The number of methoxy groups -OCH3 is 3. The molecule has 0 aromatic heterocycles. The van der Waals surface area contributed by atoms with E-state index in [1.165, 1.54) is 11.8 Å². The normalized spacial score (nSPS) is 10.2. The Balaban J connectivity index is 1.64. The molecule has 0 radical (unpaired) electrons. The van der Waals surface area contributed by atoms with Gasteiger partial charge in [0, 0.05) is 12.2 Å². The lowest BCUT2D eigenvalue weighted by atomic mass is 10.1. The maximum Gasteiger partial charge on any atom is 0.234 e. The summed E-state index contributed by atoms with van der Waals surface area (Å²) in [7, 11) is 4.77. The first kappa shape index (κ1) is 22.4. The molecule has 2 aromatic carbocycles. The number of hydrogen-bond acceptors (Lipinski definition) is 6. The van der Waals surface area contributed by atoms with Crippen LogP contribution in [0.5, 0.6) is 17.2 Å². The molecule has 156 valence electrons. The lowest BCUT2D eigenvalue weighted by molar-refractivity contribution is -0.118. The Kier molecular flexibility index (Phi) is 9.17. The van der Waals surface area contributed by atoms with Crippen molar-refractivity contribution in [2.75, 3.05) is 44.7 Å².